The minimum Gasteiger partial charge on any atom is -0.454 e. The standard InChI is InChI=1S/C16H17N5O3/c1-11(9-21-6-2-5-18-21)17-8-15-19-16(20-24-15)12-3-4-13-14(7-12)23-10-22-13/h2-7,11,17H,8-10H2,1H3/t11-/m0/s1. The maximum Gasteiger partial charge on any atom is 0.240 e. The molecule has 3 aromatic rings. The molecule has 0 amide bonds. The molecule has 1 aliphatic heterocycles. The summed E-state index contributed by atoms with van der Waals surface area (Å²) in [4.78, 5) is 4.42. The van der Waals surface area contributed by atoms with E-state index in [9.17, 15) is 0 Å². The molecule has 0 saturated heterocycles. The highest BCUT2D eigenvalue weighted by atomic mass is 16.7. The second kappa shape index (κ2) is 6.32. The Morgan fingerprint density at radius 2 is 2.21 bits per heavy atom. The maximum atomic E-state index is 5.37. The summed E-state index contributed by atoms with van der Waals surface area (Å²) in [5, 5.41) is 11.6. The molecule has 8 nitrogen and oxygen atoms in total. The summed E-state index contributed by atoms with van der Waals surface area (Å²) >= 11 is 0. The monoisotopic (exact) mass is 327 g/mol. The zero-order valence-electron chi connectivity index (χ0n) is 13.2. The number of nitrogens with one attached hydrogen (secondary N) is 1. The fraction of sp³-hybridized carbons (Fsp3) is 0.312. The van der Waals surface area contributed by atoms with Crippen LogP contribution in [0.25, 0.3) is 11.4 Å². The van der Waals surface area contributed by atoms with Crippen LogP contribution in [0.2, 0.25) is 0 Å². The van der Waals surface area contributed by atoms with Crippen LogP contribution < -0.4 is 14.8 Å². The molecule has 8 heteroatoms. The van der Waals surface area contributed by atoms with Gasteiger partial charge in [0.05, 0.1) is 13.1 Å². The van der Waals surface area contributed by atoms with Crippen LogP contribution >= 0.6 is 0 Å². The van der Waals surface area contributed by atoms with Crippen LogP contribution in [0, 0.1) is 0 Å². The molecule has 1 aromatic carbocycles. The molecule has 0 radical (unpaired) electrons. The molecule has 1 N–H and O–H groups in total. The lowest BCUT2D eigenvalue weighted by Crippen LogP contribution is -2.30. The Bertz CT molecular complexity index is 815. The predicted molar refractivity (Wildman–Crippen MR) is 84.4 cm³/mol. The van der Waals surface area contributed by atoms with Gasteiger partial charge in [0.2, 0.25) is 18.5 Å². The van der Waals surface area contributed by atoms with Crippen molar-refractivity contribution in [2.24, 2.45) is 0 Å². The van der Waals surface area contributed by atoms with Crippen LogP contribution in [-0.2, 0) is 13.1 Å². The number of nitrogens with zero attached hydrogens (tertiary/aromatic N) is 4. The van der Waals surface area contributed by atoms with E-state index in [-0.39, 0.29) is 12.8 Å². The van der Waals surface area contributed by atoms with Gasteiger partial charge < -0.3 is 19.3 Å². The third kappa shape index (κ3) is 3.09. The minimum atomic E-state index is 0.228. The third-order valence-corrected chi connectivity index (χ3v) is 3.72. The number of fused-ring (bicyclic) bond motifs is 1. The smallest absolute Gasteiger partial charge is 0.240 e. The molecule has 0 bridgehead atoms. The Hall–Kier alpha value is -2.87. The van der Waals surface area contributed by atoms with Gasteiger partial charge in [-0.3, -0.25) is 4.68 Å². The second-order valence-corrected chi connectivity index (χ2v) is 5.59. The topological polar surface area (TPSA) is 87.2 Å². The van der Waals surface area contributed by atoms with Crippen LogP contribution in [-0.4, -0.2) is 32.8 Å². The van der Waals surface area contributed by atoms with Gasteiger partial charge in [0, 0.05) is 24.0 Å². The number of hydrogen-bond acceptors (Lipinski definition) is 7. The summed E-state index contributed by atoms with van der Waals surface area (Å²) in [6.45, 7) is 3.60. The molecule has 1 atom stereocenters. The molecule has 4 rings (SSSR count). The van der Waals surface area contributed by atoms with Crippen LogP contribution in [0.1, 0.15) is 12.8 Å². The normalized spacial score (nSPS) is 14.0. The van der Waals surface area contributed by atoms with Crippen molar-refractivity contribution in [2.75, 3.05) is 6.79 Å². The molecule has 0 aliphatic carbocycles. The minimum absolute atomic E-state index is 0.228. The predicted octanol–water partition coefficient (Wildman–Crippen LogP) is 1.84. The molecule has 1 aliphatic rings. The summed E-state index contributed by atoms with van der Waals surface area (Å²) in [5.74, 6) is 2.50. The summed E-state index contributed by atoms with van der Waals surface area (Å²) < 4.78 is 17.9. The first-order chi connectivity index (χ1) is 11.8. The lowest BCUT2D eigenvalue weighted by Gasteiger charge is -2.11. The Morgan fingerprint density at radius 1 is 1.29 bits per heavy atom. The van der Waals surface area contributed by atoms with E-state index in [2.05, 4.69) is 27.5 Å². The summed E-state index contributed by atoms with van der Waals surface area (Å²) in [5.41, 5.74) is 0.832. The van der Waals surface area contributed by atoms with Crippen LogP contribution in [0.15, 0.2) is 41.2 Å². The van der Waals surface area contributed by atoms with Crippen molar-refractivity contribution in [1.29, 1.82) is 0 Å². The molecule has 3 heterocycles. The number of aromatic nitrogens is 4. The molecular formula is C16H17N5O3. The van der Waals surface area contributed by atoms with Crippen LogP contribution in [0.5, 0.6) is 11.5 Å². The van der Waals surface area contributed by atoms with E-state index in [0.29, 0.717) is 24.0 Å². The summed E-state index contributed by atoms with van der Waals surface area (Å²) in [6, 6.07) is 7.71. The molecule has 24 heavy (non-hydrogen) atoms. The van der Waals surface area contributed by atoms with E-state index in [1.807, 2.05) is 35.1 Å². The third-order valence-electron chi connectivity index (χ3n) is 3.72. The van der Waals surface area contributed by atoms with Gasteiger partial charge in [-0.2, -0.15) is 10.1 Å². The fourth-order valence-corrected chi connectivity index (χ4v) is 2.49. The van der Waals surface area contributed by atoms with Crippen molar-refractivity contribution < 1.29 is 14.0 Å². The van der Waals surface area contributed by atoms with Gasteiger partial charge in [-0.1, -0.05) is 5.16 Å². The van der Waals surface area contributed by atoms with Crippen molar-refractivity contribution in [3.63, 3.8) is 0 Å². The lowest BCUT2D eigenvalue weighted by atomic mass is 10.2. The highest BCUT2D eigenvalue weighted by Gasteiger charge is 2.16. The van der Waals surface area contributed by atoms with Gasteiger partial charge in [-0.15, -0.1) is 0 Å². The highest BCUT2D eigenvalue weighted by Crippen LogP contribution is 2.35. The highest BCUT2D eigenvalue weighted by molar-refractivity contribution is 5.61. The van der Waals surface area contributed by atoms with Crippen LogP contribution in [0.4, 0.5) is 0 Å². The Kier molecular flexibility index (Phi) is 3.87. The summed E-state index contributed by atoms with van der Waals surface area (Å²) in [6.07, 6.45) is 3.70. The zero-order chi connectivity index (χ0) is 16.4. The summed E-state index contributed by atoms with van der Waals surface area (Å²) in [7, 11) is 0. The lowest BCUT2D eigenvalue weighted by molar-refractivity contribution is 0.174. The Morgan fingerprint density at radius 3 is 3.08 bits per heavy atom. The SMILES string of the molecule is C[C@@H](Cn1cccn1)NCc1nc(-c2ccc3c(c2)OCO3)no1. The van der Waals surface area contributed by atoms with E-state index in [1.165, 1.54) is 0 Å². The molecule has 0 spiro atoms. The van der Waals surface area contributed by atoms with Gasteiger partial charge in [-0.05, 0) is 31.2 Å². The Labute approximate surface area is 138 Å². The molecular weight excluding hydrogens is 310 g/mol. The van der Waals surface area contributed by atoms with E-state index in [1.54, 1.807) is 6.20 Å². The number of ether oxygens (including phenoxy) is 2. The van der Waals surface area contributed by atoms with Gasteiger partial charge in [0.1, 0.15) is 0 Å². The van der Waals surface area contributed by atoms with E-state index >= 15 is 0 Å². The average molecular weight is 327 g/mol. The first kappa shape index (κ1) is 14.7. The van der Waals surface area contributed by atoms with Crippen molar-refractivity contribution in [3.8, 4) is 22.9 Å². The largest absolute Gasteiger partial charge is 0.454 e. The van der Waals surface area contributed by atoms with Crippen LogP contribution in [0.3, 0.4) is 0 Å². The van der Waals surface area contributed by atoms with Crippen molar-refractivity contribution in [3.05, 3.63) is 42.5 Å². The van der Waals surface area contributed by atoms with E-state index < -0.39 is 0 Å². The van der Waals surface area contributed by atoms with Gasteiger partial charge in [0.25, 0.3) is 0 Å². The Balaban J connectivity index is 1.38. The maximum absolute atomic E-state index is 5.37. The van der Waals surface area contributed by atoms with E-state index in [0.717, 1.165) is 17.9 Å². The fourth-order valence-electron chi connectivity index (χ4n) is 2.49. The second-order valence-electron chi connectivity index (χ2n) is 5.59. The van der Waals surface area contributed by atoms with Gasteiger partial charge in [-0.25, -0.2) is 0 Å². The molecule has 0 unspecified atom stereocenters. The quantitative estimate of drug-likeness (QED) is 0.739. The van der Waals surface area contributed by atoms with Crippen molar-refractivity contribution >= 4 is 0 Å². The first-order valence-electron chi connectivity index (χ1n) is 7.71. The zero-order valence-corrected chi connectivity index (χ0v) is 13.2. The average Bonchev–Trinajstić information content (AvgIpc) is 3.33. The number of hydrogen-bond donors (Lipinski definition) is 1. The molecule has 0 saturated carbocycles. The number of benzene rings is 1. The van der Waals surface area contributed by atoms with Gasteiger partial charge in [0.15, 0.2) is 11.5 Å². The molecule has 124 valence electrons. The van der Waals surface area contributed by atoms with Gasteiger partial charge >= 0.3 is 0 Å². The number of rotatable bonds is 6. The first-order valence-corrected chi connectivity index (χ1v) is 7.71. The van der Waals surface area contributed by atoms with Crippen molar-refractivity contribution in [2.45, 2.75) is 26.1 Å². The van der Waals surface area contributed by atoms with E-state index in [4.69, 9.17) is 14.0 Å². The van der Waals surface area contributed by atoms with Crippen molar-refractivity contribution in [1.82, 2.24) is 25.2 Å². The molecule has 2 aromatic heterocycles. The molecule has 0 fully saturated rings.